The Balaban J connectivity index is 0.0000164. The normalized spacial score (nSPS) is 32.7. The molecule has 17 unspecified atom stereocenters. The molecule has 17 atom stereocenters. The summed E-state index contributed by atoms with van der Waals surface area (Å²) in [5, 5.41) is 129. The van der Waals surface area contributed by atoms with Gasteiger partial charge in [-0.1, -0.05) is 0 Å². The standard InChI is InChI=1S/C44H68N8O25S.ClH/c1-18(55)48-31-23(59)12-43(40(68)69,74-25(31)14-47-51-29(61)7-8-52-30(62)10-27(38(52)65)78-9-5-6-28(45)46-4)73-17-21(15-53)34(63)36-33(50-20(3)57)24(60)13-44(77-36,41(70)71)75-26(16-54)35(64)37-32(49-19(2)56)22(58)11-42(72,76-37)39(66)67;/h14,21-27,31-37,53-54,58-60,63-64,72H,5-13,15-17H2,1-4H3,(H2,45,46)(H,48,55)(H,49,56)(H,50,57)(H,51,61)(H,66,67)(H,68,69)(H,70,71);1H/b47-14+;. The van der Waals surface area contributed by atoms with Crippen molar-refractivity contribution in [3.8, 4) is 0 Å². The van der Waals surface area contributed by atoms with Gasteiger partial charge in [0, 0.05) is 71.8 Å². The van der Waals surface area contributed by atoms with Crippen LogP contribution >= 0.6 is 11.8 Å². The Kier molecular flexibility index (Phi) is 25.3. The van der Waals surface area contributed by atoms with Gasteiger partial charge in [0.05, 0.1) is 80.9 Å². The molecule has 0 aliphatic carbocycles. The number of aliphatic hydroxyl groups is 8. The number of carboxylic acid groups (broad SMARTS) is 3. The predicted molar refractivity (Wildman–Crippen MR) is 257 cm³/mol. The first-order valence-corrected chi connectivity index (χ1v) is 25.3. The van der Waals surface area contributed by atoms with Gasteiger partial charge in [-0.25, -0.2) is 19.8 Å². The first kappa shape index (κ1) is 68.0. The fraction of sp³-hybridized carbons (Fsp3) is 0.750. The summed E-state index contributed by atoms with van der Waals surface area (Å²) in [5.74, 6) is -20.7. The van der Waals surface area contributed by atoms with Gasteiger partial charge in [-0.15, -0.1) is 11.8 Å². The number of nitrogens with one attached hydrogen (secondary N) is 5. The molecule has 4 fully saturated rings. The zero-order valence-electron chi connectivity index (χ0n) is 43.0. The molecule has 0 aromatic heterocycles. The van der Waals surface area contributed by atoms with Crippen LogP contribution in [0, 0.1) is 5.92 Å². The Bertz CT molecular complexity index is 2280. The number of rotatable bonds is 27. The number of aliphatic hydroxyl groups excluding tert-OH is 7. The minimum Gasteiger partial charge on any atom is -1.00 e. The largest absolute Gasteiger partial charge is 1.00 e. The number of hydrazone groups is 1. The highest BCUT2D eigenvalue weighted by molar-refractivity contribution is 8.00. The zero-order chi connectivity index (χ0) is 58.6. The first-order valence-electron chi connectivity index (χ1n) is 24.3. The number of hydrogen-bond acceptors (Lipinski definition) is 24. The molecule has 0 spiro atoms. The van der Waals surface area contributed by atoms with Crippen LogP contribution in [0.4, 0.5) is 0 Å². The quantitative estimate of drug-likeness (QED) is 0.0119. The number of aliphatic carboxylic acids is 3. The lowest BCUT2D eigenvalue weighted by Gasteiger charge is -2.49. The number of carbonyl (C=O) groups is 9. The summed E-state index contributed by atoms with van der Waals surface area (Å²) in [6, 6.07) is -5.03. The molecule has 0 radical (unpaired) electrons. The monoisotopic (exact) mass is 1180 g/mol. The first-order chi connectivity index (χ1) is 36.5. The van der Waals surface area contributed by atoms with Crippen LogP contribution in [0.3, 0.4) is 0 Å². The molecule has 0 aromatic rings. The molecule has 6 amide bonds. The number of amidine groups is 1. The van der Waals surface area contributed by atoms with E-state index in [0.717, 1.165) is 31.9 Å². The van der Waals surface area contributed by atoms with Crippen LogP contribution in [0.15, 0.2) is 5.10 Å². The van der Waals surface area contributed by atoms with Crippen molar-refractivity contribution in [3.63, 3.8) is 0 Å². The summed E-state index contributed by atoms with van der Waals surface area (Å²) < 4.78 is 28.0. The molecule has 35 heteroatoms. The van der Waals surface area contributed by atoms with Crippen molar-refractivity contribution in [2.75, 3.05) is 39.2 Å². The molecule has 4 aliphatic heterocycles. The predicted octanol–water partition coefficient (Wildman–Crippen LogP) is -12.8. The molecule has 0 saturated carbocycles. The lowest BCUT2D eigenvalue weighted by molar-refractivity contribution is -0.422. The third-order valence-electron chi connectivity index (χ3n) is 13.1. The summed E-state index contributed by atoms with van der Waals surface area (Å²) in [4.78, 5) is 117. The van der Waals surface area contributed by atoms with E-state index in [1.54, 1.807) is 7.05 Å². The maximum absolute atomic E-state index is 13.1. The highest BCUT2D eigenvalue weighted by Crippen LogP contribution is 2.39. The van der Waals surface area contributed by atoms with Crippen LogP contribution < -0.4 is 44.5 Å². The Morgan fingerprint density at radius 3 is 1.89 bits per heavy atom. The molecule has 0 aromatic carbocycles. The van der Waals surface area contributed by atoms with E-state index in [0.29, 0.717) is 24.4 Å². The van der Waals surface area contributed by atoms with Crippen LogP contribution in [0.5, 0.6) is 0 Å². The highest BCUT2D eigenvalue weighted by Gasteiger charge is 2.60. The Labute approximate surface area is 460 Å². The number of nitrogens with two attached hydrogens (primary N) is 1. The second-order valence-corrected chi connectivity index (χ2v) is 20.2. The molecule has 4 aliphatic rings. The average molecular weight is 1180 g/mol. The molecular formula is C44H69ClN8O25S. The van der Waals surface area contributed by atoms with Crippen molar-refractivity contribution < 1.29 is 140 Å². The number of ether oxygens (including phenoxy) is 5. The van der Waals surface area contributed by atoms with Crippen molar-refractivity contribution in [2.45, 2.75) is 161 Å². The number of carbonyl (C=O) groups excluding carboxylic acids is 6. The van der Waals surface area contributed by atoms with E-state index in [9.17, 15) is 99.3 Å². The molecule has 4 saturated heterocycles. The number of likely N-dealkylation sites (tertiary alicyclic amines) is 1. The number of carboxylic acids is 3. The molecule has 448 valence electrons. The van der Waals surface area contributed by atoms with E-state index < -0.39 is 200 Å². The van der Waals surface area contributed by atoms with E-state index in [1.807, 2.05) is 0 Å². The average Bonchev–Trinajstić information content (AvgIpc) is 3.65. The van der Waals surface area contributed by atoms with Gasteiger partial charge in [0.1, 0.15) is 30.5 Å². The van der Waals surface area contributed by atoms with Crippen LogP contribution in [0.2, 0.25) is 0 Å². The second kappa shape index (κ2) is 29.4. The van der Waals surface area contributed by atoms with E-state index in [1.165, 1.54) is 11.8 Å². The summed E-state index contributed by atoms with van der Waals surface area (Å²) in [5.41, 5.74) is 7.87. The van der Waals surface area contributed by atoms with Crippen LogP contribution in [-0.2, 0) is 66.8 Å². The van der Waals surface area contributed by atoms with Gasteiger partial charge in [0.15, 0.2) is 0 Å². The number of thioether (sulfide) groups is 1. The van der Waals surface area contributed by atoms with Gasteiger partial charge in [-0.3, -0.25) is 44.4 Å². The summed E-state index contributed by atoms with van der Waals surface area (Å²) in [7, 11) is 1.67. The van der Waals surface area contributed by atoms with Crippen molar-refractivity contribution in [3.05, 3.63) is 0 Å². The number of nitrogens with zero attached hydrogens (tertiary/aromatic N) is 2. The van der Waals surface area contributed by atoms with Gasteiger partial charge in [0.25, 0.3) is 17.4 Å². The number of amides is 6. The highest BCUT2D eigenvalue weighted by atomic mass is 35.5. The van der Waals surface area contributed by atoms with Gasteiger partial charge in [-0.05, 0) is 12.2 Å². The lowest BCUT2D eigenvalue weighted by Crippen LogP contribution is -3.00. The van der Waals surface area contributed by atoms with Crippen LogP contribution in [0.1, 0.15) is 65.7 Å². The van der Waals surface area contributed by atoms with E-state index >= 15 is 0 Å². The number of imide groups is 1. The molecule has 4 heterocycles. The Hall–Kier alpha value is -5.31. The zero-order valence-corrected chi connectivity index (χ0v) is 44.6. The summed E-state index contributed by atoms with van der Waals surface area (Å²) in [6.07, 6.45) is -21.0. The van der Waals surface area contributed by atoms with Crippen molar-refractivity contribution in [1.82, 2.24) is 26.3 Å². The molecule has 79 heavy (non-hydrogen) atoms. The van der Waals surface area contributed by atoms with E-state index in [4.69, 9.17) is 29.4 Å². The summed E-state index contributed by atoms with van der Waals surface area (Å²) >= 11 is 1.27. The van der Waals surface area contributed by atoms with Crippen LogP contribution in [0.25, 0.3) is 0 Å². The minimum absolute atomic E-state index is 0. The van der Waals surface area contributed by atoms with Gasteiger partial charge in [0.2, 0.25) is 41.3 Å². The molecule has 4 rings (SSSR count). The third-order valence-corrected chi connectivity index (χ3v) is 14.4. The lowest BCUT2D eigenvalue weighted by atomic mass is 9.85. The smallest absolute Gasteiger partial charge is 0.364 e. The number of hydrogen-bond donors (Lipinski definition) is 17. The third kappa shape index (κ3) is 17.1. The van der Waals surface area contributed by atoms with Gasteiger partial charge < -0.3 is 108 Å². The van der Waals surface area contributed by atoms with Crippen molar-refractivity contribution in [2.24, 2.45) is 16.8 Å². The van der Waals surface area contributed by atoms with E-state index in [-0.39, 0.29) is 25.4 Å². The van der Waals surface area contributed by atoms with E-state index in [2.05, 4.69) is 31.5 Å². The Morgan fingerprint density at radius 2 is 1.35 bits per heavy atom. The molecule has 33 nitrogen and oxygen atoms in total. The molecule has 18 N–H and O–H groups in total. The second-order valence-electron chi connectivity index (χ2n) is 18.9. The van der Waals surface area contributed by atoms with Crippen LogP contribution in [-0.4, -0.2) is 261 Å². The fourth-order valence-corrected chi connectivity index (χ4v) is 10.2. The van der Waals surface area contributed by atoms with Gasteiger partial charge in [-0.2, -0.15) is 5.10 Å². The minimum atomic E-state index is -3.29. The topological polar surface area (TPSA) is 526 Å². The maximum atomic E-state index is 13.1. The van der Waals surface area contributed by atoms with Crippen molar-refractivity contribution >= 4 is 77.2 Å². The van der Waals surface area contributed by atoms with Crippen molar-refractivity contribution in [1.29, 1.82) is 0 Å². The molecule has 0 bridgehead atoms. The number of halogens is 1. The maximum Gasteiger partial charge on any atom is 0.364 e. The Morgan fingerprint density at radius 1 is 0.810 bits per heavy atom. The fourth-order valence-electron chi connectivity index (χ4n) is 9.04. The summed E-state index contributed by atoms with van der Waals surface area (Å²) in [6.45, 7) is -1.08. The SMILES string of the molecule is C[NH+]=C(N)CCCSC1CC(=O)N(CCC(=O)N/N=C/C2OC(OCC(CO)C(O)C3OC(OC(CO)C(O)C4OC(O)(C(=O)O)CC(O)C4NC(C)=O)(C(=O)O)CC(O)C3NC(C)=O)(C(=O)O)CC(O)C2NC(C)=O)C1=O.[Cl-]. The molecular weight excluding hydrogens is 1110 g/mol. The van der Waals surface area contributed by atoms with Gasteiger partial charge >= 0.3 is 17.9 Å².